The molecule has 0 aliphatic rings. The topological polar surface area (TPSA) is 45.2 Å². The van der Waals surface area contributed by atoms with Crippen molar-refractivity contribution in [2.75, 3.05) is 20.1 Å². The molecule has 0 fully saturated rings. The van der Waals surface area contributed by atoms with Crippen molar-refractivity contribution in [3.63, 3.8) is 0 Å². The smallest absolute Gasteiger partial charge is 0.226 e. The quantitative estimate of drug-likeness (QED) is 0.565. The molecule has 2 heterocycles. The minimum absolute atomic E-state index is 0.0405. The van der Waals surface area contributed by atoms with Crippen LogP contribution in [0.2, 0.25) is 0 Å². The van der Waals surface area contributed by atoms with Crippen molar-refractivity contribution in [1.29, 1.82) is 0 Å². The first kappa shape index (κ1) is 18.8. The van der Waals surface area contributed by atoms with Crippen LogP contribution in [0.4, 0.5) is 0 Å². The fourth-order valence-electron chi connectivity index (χ4n) is 2.68. The summed E-state index contributed by atoms with van der Waals surface area (Å²) in [6.07, 6.45) is 1.29. The van der Waals surface area contributed by atoms with E-state index in [1.807, 2.05) is 22.9 Å². The zero-order valence-corrected chi connectivity index (χ0v) is 16.5. The summed E-state index contributed by atoms with van der Waals surface area (Å²) < 4.78 is 0. The number of benzene rings is 1. The van der Waals surface area contributed by atoms with Crippen LogP contribution in [-0.4, -0.2) is 35.9 Å². The second-order valence-electron chi connectivity index (χ2n) is 6.22. The molecule has 3 rings (SSSR count). The summed E-state index contributed by atoms with van der Waals surface area (Å²) >= 11 is 3.27. The predicted octanol–water partition coefficient (Wildman–Crippen LogP) is 4.05. The highest BCUT2D eigenvalue weighted by Gasteiger charge is 2.09. The van der Waals surface area contributed by atoms with E-state index < -0.39 is 0 Å². The van der Waals surface area contributed by atoms with Crippen molar-refractivity contribution < 1.29 is 4.79 Å². The molecule has 0 saturated carbocycles. The number of carbonyl (C=O) groups excluding carboxylic acids is 1. The molecular formula is C20H23N3OS2. The molecule has 2 aromatic heterocycles. The Kier molecular flexibility index (Phi) is 6.94. The van der Waals surface area contributed by atoms with E-state index in [-0.39, 0.29) is 5.91 Å². The summed E-state index contributed by atoms with van der Waals surface area (Å²) in [6.45, 7) is 2.58. The molecule has 6 heteroatoms. The van der Waals surface area contributed by atoms with Gasteiger partial charge in [0.05, 0.1) is 17.0 Å². The van der Waals surface area contributed by atoms with E-state index >= 15 is 0 Å². The van der Waals surface area contributed by atoms with Crippen molar-refractivity contribution >= 4 is 28.6 Å². The van der Waals surface area contributed by atoms with Crippen LogP contribution < -0.4 is 5.32 Å². The van der Waals surface area contributed by atoms with Gasteiger partial charge < -0.3 is 10.2 Å². The Morgan fingerprint density at radius 3 is 2.77 bits per heavy atom. The van der Waals surface area contributed by atoms with Crippen LogP contribution in [0, 0.1) is 0 Å². The number of carbonyl (C=O) groups is 1. The standard InChI is InChI=1S/C20H23N3OS2/c1-23(14-16-7-3-2-4-8-16)11-6-10-21-19(24)13-17-15-26-20(22-17)18-9-5-12-25-18/h2-5,7-9,12,15H,6,10-11,13-14H2,1H3,(H,21,24). The van der Waals surface area contributed by atoms with Crippen LogP contribution in [0.15, 0.2) is 53.2 Å². The van der Waals surface area contributed by atoms with Crippen molar-refractivity contribution in [2.24, 2.45) is 0 Å². The highest BCUT2D eigenvalue weighted by Crippen LogP contribution is 2.27. The number of hydrogen-bond donors (Lipinski definition) is 1. The molecule has 4 nitrogen and oxygen atoms in total. The van der Waals surface area contributed by atoms with Crippen molar-refractivity contribution in [2.45, 2.75) is 19.4 Å². The molecule has 0 aliphatic heterocycles. The van der Waals surface area contributed by atoms with Gasteiger partial charge in [-0.2, -0.15) is 0 Å². The number of hydrogen-bond acceptors (Lipinski definition) is 5. The summed E-state index contributed by atoms with van der Waals surface area (Å²) in [6, 6.07) is 14.5. The van der Waals surface area contributed by atoms with Gasteiger partial charge in [0, 0.05) is 18.5 Å². The predicted molar refractivity (Wildman–Crippen MR) is 110 cm³/mol. The van der Waals surface area contributed by atoms with E-state index in [4.69, 9.17) is 0 Å². The zero-order valence-electron chi connectivity index (χ0n) is 14.9. The first-order valence-electron chi connectivity index (χ1n) is 8.68. The lowest BCUT2D eigenvalue weighted by Gasteiger charge is -2.16. The van der Waals surface area contributed by atoms with Gasteiger partial charge in [0.25, 0.3) is 0 Å². The number of aromatic nitrogens is 1. The summed E-state index contributed by atoms with van der Waals surface area (Å²) in [4.78, 5) is 20.1. The minimum Gasteiger partial charge on any atom is -0.356 e. The van der Waals surface area contributed by atoms with Gasteiger partial charge in [-0.15, -0.1) is 22.7 Å². The molecule has 26 heavy (non-hydrogen) atoms. The van der Waals surface area contributed by atoms with Crippen LogP contribution in [0.1, 0.15) is 17.7 Å². The maximum atomic E-state index is 12.1. The Hall–Kier alpha value is -2.02. The van der Waals surface area contributed by atoms with E-state index in [0.29, 0.717) is 13.0 Å². The van der Waals surface area contributed by atoms with Crippen molar-refractivity contribution in [3.05, 3.63) is 64.5 Å². The monoisotopic (exact) mass is 385 g/mol. The molecule has 0 radical (unpaired) electrons. The molecule has 0 bridgehead atoms. The number of thiophene rings is 1. The molecule has 0 atom stereocenters. The van der Waals surface area contributed by atoms with E-state index in [2.05, 4.69) is 52.6 Å². The summed E-state index contributed by atoms with van der Waals surface area (Å²) in [5.41, 5.74) is 2.15. The van der Waals surface area contributed by atoms with Gasteiger partial charge >= 0.3 is 0 Å². The highest BCUT2D eigenvalue weighted by atomic mass is 32.1. The lowest BCUT2D eigenvalue weighted by atomic mass is 10.2. The largest absolute Gasteiger partial charge is 0.356 e. The van der Waals surface area contributed by atoms with E-state index in [9.17, 15) is 4.79 Å². The molecule has 1 amide bonds. The third-order valence-electron chi connectivity index (χ3n) is 3.96. The number of amides is 1. The first-order chi connectivity index (χ1) is 12.7. The van der Waals surface area contributed by atoms with Crippen LogP contribution in [0.25, 0.3) is 9.88 Å². The molecule has 0 aliphatic carbocycles. The molecule has 0 saturated heterocycles. The molecule has 3 aromatic rings. The minimum atomic E-state index is 0.0405. The Morgan fingerprint density at radius 2 is 2.00 bits per heavy atom. The van der Waals surface area contributed by atoms with Crippen LogP contribution >= 0.6 is 22.7 Å². The third kappa shape index (κ3) is 5.76. The van der Waals surface area contributed by atoms with Crippen molar-refractivity contribution in [1.82, 2.24) is 15.2 Å². The van der Waals surface area contributed by atoms with Gasteiger partial charge in [0.2, 0.25) is 5.91 Å². The maximum absolute atomic E-state index is 12.1. The molecular weight excluding hydrogens is 362 g/mol. The normalized spacial score (nSPS) is 11.0. The van der Waals surface area contributed by atoms with Crippen LogP contribution in [0.5, 0.6) is 0 Å². The number of nitrogens with zero attached hydrogens (tertiary/aromatic N) is 2. The fourth-order valence-corrected chi connectivity index (χ4v) is 4.31. The molecule has 0 spiro atoms. The summed E-state index contributed by atoms with van der Waals surface area (Å²) in [5.74, 6) is 0.0405. The lowest BCUT2D eigenvalue weighted by molar-refractivity contribution is -0.120. The molecule has 1 N–H and O–H groups in total. The SMILES string of the molecule is CN(CCCNC(=O)Cc1csc(-c2cccs2)n1)Cc1ccccc1. The average Bonchev–Trinajstić information content (AvgIpc) is 3.31. The van der Waals surface area contributed by atoms with Gasteiger partial charge in [0.1, 0.15) is 5.01 Å². The summed E-state index contributed by atoms with van der Waals surface area (Å²) in [7, 11) is 2.11. The second-order valence-corrected chi connectivity index (χ2v) is 8.03. The van der Waals surface area contributed by atoms with Crippen LogP contribution in [-0.2, 0) is 17.8 Å². The average molecular weight is 386 g/mol. The molecule has 136 valence electrons. The third-order valence-corrected chi connectivity index (χ3v) is 5.89. The van der Waals surface area contributed by atoms with E-state index in [1.165, 1.54) is 5.56 Å². The zero-order chi connectivity index (χ0) is 18.2. The Morgan fingerprint density at radius 1 is 1.15 bits per heavy atom. The number of nitrogens with one attached hydrogen (secondary N) is 1. The number of thiazole rings is 1. The van der Waals surface area contributed by atoms with Crippen LogP contribution in [0.3, 0.4) is 0 Å². The highest BCUT2D eigenvalue weighted by molar-refractivity contribution is 7.20. The first-order valence-corrected chi connectivity index (χ1v) is 10.4. The van der Waals surface area contributed by atoms with Gasteiger partial charge in [-0.25, -0.2) is 4.98 Å². The van der Waals surface area contributed by atoms with E-state index in [1.54, 1.807) is 22.7 Å². The van der Waals surface area contributed by atoms with E-state index in [0.717, 1.165) is 35.1 Å². The Balaban J connectivity index is 1.34. The fraction of sp³-hybridized carbons (Fsp3) is 0.300. The summed E-state index contributed by atoms with van der Waals surface area (Å²) in [5, 5.41) is 8.00. The van der Waals surface area contributed by atoms with Gasteiger partial charge in [-0.3, -0.25) is 4.79 Å². The second kappa shape index (κ2) is 9.62. The Labute approximate surface area is 162 Å². The Bertz CT molecular complexity index is 800. The van der Waals surface area contributed by atoms with Gasteiger partial charge in [0.15, 0.2) is 0 Å². The molecule has 1 aromatic carbocycles. The van der Waals surface area contributed by atoms with Gasteiger partial charge in [-0.1, -0.05) is 36.4 Å². The number of rotatable bonds is 9. The maximum Gasteiger partial charge on any atom is 0.226 e. The van der Waals surface area contributed by atoms with Gasteiger partial charge in [-0.05, 0) is 37.0 Å². The van der Waals surface area contributed by atoms with Crippen molar-refractivity contribution in [3.8, 4) is 9.88 Å². The lowest BCUT2D eigenvalue weighted by Crippen LogP contribution is -2.29. The molecule has 0 unspecified atom stereocenters.